The molecule has 0 rings (SSSR count). The Morgan fingerprint density at radius 3 is 1.57 bits per heavy atom. The third kappa shape index (κ3) is 27.7. The molecule has 108 valence electrons. The average Bonchev–Trinajstić information content (AvgIpc) is 2.24. The van der Waals surface area contributed by atoms with E-state index in [2.05, 4.69) is 11.3 Å². The van der Waals surface area contributed by atoms with Crippen LogP contribution in [0.4, 0.5) is 0 Å². The quantitative estimate of drug-likeness (QED) is 0.274. The molecule has 0 spiro atoms. The fourth-order valence-corrected chi connectivity index (χ4v) is 2.15. The fourth-order valence-electron chi connectivity index (χ4n) is 1.77. The summed E-state index contributed by atoms with van der Waals surface area (Å²) in [5, 5.41) is 0. The minimum absolute atomic E-state index is 0. The van der Waals surface area contributed by atoms with E-state index in [9.17, 15) is 19.2 Å². The molecule has 0 aliphatic carbocycles. The molecule has 0 bridgehead atoms. The van der Waals surface area contributed by atoms with E-state index in [0.717, 1.165) is 19.3 Å². The van der Waals surface area contributed by atoms with Gasteiger partial charge in [0.15, 0.2) is 0 Å². The molecule has 0 saturated carbocycles. The van der Waals surface area contributed by atoms with Gasteiger partial charge in [0.25, 0.3) is 5.97 Å². The fraction of sp³-hybridized carbons (Fsp3) is 0.917. The van der Waals surface area contributed by atoms with E-state index in [1.165, 1.54) is 32.1 Å². The van der Waals surface area contributed by atoms with Gasteiger partial charge >= 0.3 is 88.7 Å². The predicted molar refractivity (Wildman–Crippen MR) is 63.7 cm³/mol. The van der Waals surface area contributed by atoms with Crippen molar-refractivity contribution in [2.75, 3.05) is 0 Å². The Balaban J connectivity index is -0.000000482. The van der Waals surface area contributed by atoms with Crippen LogP contribution < -0.4 is 103 Å². The van der Waals surface area contributed by atoms with Crippen LogP contribution in [0.15, 0.2) is 0 Å². The van der Waals surface area contributed by atoms with E-state index >= 15 is 0 Å². The number of hydrogen-bond donors (Lipinski definition) is 0. The summed E-state index contributed by atoms with van der Waals surface area (Å²) < 4.78 is 3.74. The Bertz CT molecular complexity index is 227. The Morgan fingerprint density at radius 2 is 1.19 bits per heavy atom. The Labute approximate surface area is 196 Å². The molecule has 0 radical (unpaired) electrons. The summed E-state index contributed by atoms with van der Waals surface area (Å²) >= 11 is 0. The van der Waals surface area contributed by atoms with Crippen molar-refractivity contribution in [1.29, 1.82) is 0 Å². The summed E-state index contributed by atoms with van der Waals surface area (Å²) in [7, 11) is -5.41. The molecule has 0 aromatic rings. The number of rotatable bonds is 11. The van der Waals surface area contributed by atoms with Crippen molar-refractivity contribution in [1.82, 2.24) is 0 Å². The van der Waals surface area contributed by atoms with Gasteiger partial charge in [-0.3, -0.25) is 4.79 Å². The summed E-state index contributed by atoms with van der Waals surface area (Å²) in [5.41, 5.74) is 0. The molecule has 0 fully saturated rings. The maximum Gasteiger partial charge on any atom is 1.00 e. The van der Waals surface area contributed by atoms with Crippen molar-refractivity contribution < 1.29 is 112 Å². The minimum Gasteiger partial charge on any atom is -0.851 e. The van der Waals surface area contributed by atoms with Crippen molar-refractivity contribution in [2.45, 2.75) is 71.1 Å². The third-order valence-electron chi connectivity index (χ3n) is 2.72. The van der Waals surface area contributed by atoms with Gasteiger partial charge in [0.2, 0.25) is 0 Å². The van der Waals surface area contributed by atoms with Gasteiger partial charge < -0.3 is 18.8 Å². The van der Waals surface area contributed by atoms with E-state index < -0.39 is 15.0 Å². The SMILES string of the molecule is CCCCCCCCCCCC(=O)O[Si]([O-])([O-])[O-].[Na+].[Na+].[Na+]. The Hall–Kier alpha value is 2.57. The summed E-state index contributed by atoms with van der Waals surface area (Å²) in [6, 6.07) is 0. The second kappa shape index (κ2) is 20.6. The maximum absolute atomic E-state index is 10.9. The maximum atomic E-state index is 10.9. The van der Waals surface area contributed by atoms with E-state index in [1.54, 1.807) is 0 Å². The molecule has 0 amide bonds. The van der Waals surface area contributed by atoms with Gasteiger partial charge in [-0.1, -0.05) is 58.3 Å². The van der Waals surface area contributed by atoms with Crippen LogP contribution in [0.5, 0.6) is 0 Å². The number of hydrogen-bond acceptors (Lipinski definition) is 5. The largest absolute Gasteiger partial charge is 1.00 e. The van der Waals surface area contributed by atoms with E-state index in [-0.39, 0.29) is 95.1 Å². The van der Waals surface area contributed by atoms with Crippen LogP contribution in [-0.4, -0.2) is 15.0 Å². The van der Waals surface area contributed by atoms with E-state index in [1.807, 2.05) is 0 Å². The molecule has 0 atom stereocenters. The van der Waals surface area contributed by atoms with Gasteiger partial charge in [-0.05, 0) is 15.5 Å². The van der Waals surface area contributed by atoms with Gasteiger partial charge in [-0.25, -0.2) is 0 Å². The van der Waals surface area contributed by atoms with E-state index in [4.69, 9.17) is 0 Å². The number of carbonyl (C=O) groups is 1. The Kier molecular flexibility index (Phi) is 30.8. The second-order valence-electron chi connectivity index (χ2n) is 4.55. The van der Waals surface area contributed by atoms with Crippen LogP contribution in [0.1, 0.15) is 71.1 Å². The summed E-state index contributed by atoms with van der Waals surface area (Å²) in [6.45, 7) is 2.18. The molecule has 0 saturated heterocycles. The molecule has 21 heavy (non-hydrogen) atoms. The summed E-state index contributed by atoms with van der Waals surface area (Å²) in [4.78, 5) is 41.4. The van der Waals surface area contributed by atoms with Crippen LogP contribution in [-0.2, 0) is 9.22 Å². The molecule has 0 aromatic carbocycles. The third-order valence-corrected chi connectivity index (χ3v) is 3.20. The monoisotopic (exact) mass is 344 g/mol. The van der Waals surface area contributed by atoms with Crippen LogP contribution in [0.25, 0.3) is 0 Å². The van der Waals surface area contributed by atoms with Gasteiger partial charge in [0.05, 0.1) is 0 Å². The van der Waals surface area contributed by atoms with Gasteiger partial charge in [-0.2, -0.15) is 0 Å². The van der Waals surface area contributed by atoms with Crippen molar-refractivity contribution in [3.8, 4) is 0 Å². The van der Waals surface area contributed by atoms with Crippen molar-refractivity contribution in [3.05, 3.63) is 0 Å². The summed E-state index contributed by atoms with van der Waals surface area (Å²) in [5.74, 6) is -0.926. The molecule has 0 aliphatic heterocycles. The van der Waals surface area contributed by atoms with Gasteiger partial charge in [-0.15, -0.1) is 0 Å². The first-order valence-electron chi connectivity index (χ1n) is 6.79. The second-order valence-corrected chi connectivity index (χ2v) is 5.76. The summed E-state index contributed by atoms with van der Waals surface area (Å²) in [6.07, 6.45) is 9.92. The van der Waals surface area contributed by atoms with Crippen LogP contribution >= 0.6 is 0 Å². The first-order chi connectivity index (χ1) is 8.45. The normalized spacial score (nSPS) is 9.90. The first kappa shape index (κ1) is 31.3. The number of carbonyl (C=O) groups excluding carboxylic acids is 1. The van der Waals surface area contributed by atoms with Gasteiger partial charge in [0, 0.05) is 6.42 Å². The first-order valence-corrected chi connectivity index (χ1v) is 8.42. The van der Waals surface area contributed by atoms with Crippen LogP contribution in [0.3, 0.4) is 0 Å². The molecular formula is C12H23Na3O5Si. The molecule has 9 heteroatoms. The predicted octanol–water partition coefficient (Wildman–Crippen LogP) is -9.02. The zero-order valence-electron chi connectivity index (χ0n) is 14.1. The average molecular weight is 344 g/mol. The Morgan fingerprint density at radius 1 is 0.810 bits per heavy atom. The standard InChI is InChI=1S/C12H23O5Si.3Na/c1-2-3-4-5-6-7-8-9-10-11-12(13)17-18(14,15)16;;;/h2-11H2,1H3;;;/q-3;3*+1. The van der Waals surface area contributed by atoms with Crippen LogP contribution in [0.2, 0.25) is 0 Å². The van der Waals surface area contributed by atoms with Crippen molar-refractivity contribution >= 4 is 15.0 Å². The molecule has 0 N–H and O–H groups in total. The zero-order chi connectivity index (χ0) is 13.9. The molecule has 0 unspecified atom stereocenters. The smallest absolute Gasteiger partial charge is 0.851 e. The van der Waals surface area contributed by atoms with Crippen molar-refractivity contribution in [3.63, 3.8) is 0 Å². The molecule has 0 aromatic heterocycles. The molecule has 0 aliphatic rings. The van der Waals surface area contributed by atoms with Gasteiger partial charge in [0.1, 0.15) is 0 Å². The minimum atomic E-state index is -5.41. The molecule has 0 heterocycles. The van der Waals surface area contributed by atoms with Crippen molar-refractivity contribution in [2.24, 2.45) is 0 Å². The topological polar surface area (TPSA) is 95.5 Å². The van der Waals surface area contributed by atoms with E-state index in [0.29, 0.717) is 6.42 Å². The molecular weight excluding hydrogens is 321 g/mol. The zero-order valence-corrected chi connectivity index (χ0v) is 21.1. The molecule has 5 nitrogen and oxygen atoms in total. The van der Waals surface area contributed by atoms with Crippen LogP contribution in [0, 0.1) is 0 Å². The number of unbranched alkanes of at least 4 members (excludes halogenated alkanes) is 8.